The molecule has 3 rings (SSSR count). The Hall–Kier alpha value is -2.98. The van der Waals surface area contributed by atoms with Crippen LogP contribution in [0.3, 0.4) is 0 Å². The molecule has 9 nitrogen and oxygen atoms in total. The third-order valence-corrected chi connectivity index (χ3v) is 6.66. The van der Waals surface area contributed by atoms with Crippen molar-refractivity contribution in [1.29, 1.82) is 0 Å². The number of nitrogens with one attached hydrogen (secondary N) is 1. The van der Waals surface area contributed by atoms with E-state index in [9.17, 15) is 23.3 Å². The first-order valence-corrected chi connectivity index (χ1v) is 11.1. The number of non-ortho nitro benzene ring substituents is 1. The summed E-state index contributed by atoms with van der Waals surface area (Å²) < 4.78 is 32.3. The van der Waals surface area contributed by atoms with Gasteiger partial charge in [-0.05, 0) is 43.2 Å². The number of hydrogen-bond acceptors (Lipinski definition) is 6. The lowest BCUT2D eigenvalue weighted by atomic mass is 10.2. The fourth-order valence-corrected chi connectivity index (χ4v) is 4.68. The summed E-state index contributed by atoms with van der Waals surface area (Å²) in [4.78, 5) is 22.5. The highest BCUT2D eigenvalue weighted by atomic mass is 32.2. The third-order valence-electron chi connectivity index (χ3n) is 4.75. The van der Waals surface area contributed by atoms with Crippen LogP contribution in [0.25, 0.3) is 0 Å². The van der Waals surface area contributed by atoms with Gasteiger partial charge in [0, 0.05) is 30.8 Å². The van der Waals surface area contributed by atoms with E-state index in [4.69, 9.17) is 4.74 Å². The smallest absolute Gasteiger partial charge is 0.270 e. The molecule has 160 valence electrons. The highest BCUT2D eigenvalue weighted by molar-refractivity contribution is 7.89. The zero-order chi connectivity index (χ0) is 21.6. The maximum Gasteiger partial charge on any atom is 0.270 e. The molecule has 1 heterocycles. The van der Waals surface area contributed by atoms with Crippen LogP contribution in [0.5, 0.6) is 5.75 Å². The Morgan fingerprint density at radius 1 is 1.10 bits per heavy atom. The molecule has 1 amide bonds. The standard InChI is InChI=1S/C20H23N3O6S/c24-20(16-5-4-6-17(15-16)23(25)26)21-11-14-29-18-7-9-19(10-8-18)30(27,28)22-12-2-1-3-13-22/h4-10,15H,1-3,11-14H2,(H,21,24). The van der Waals surface area contributed by atoms with Crippen molar-refractivity contribution in [1.82, 2.24) is 9.62 Å². The minimum Gasteiger partial charge on any atom is -0.492 e. The van der Waals surface area contributed by atoms with Crippen molar-refractivity contribution in [3.05, 3.63) is 64.2 Å². The van der Waals surface area contributed by atoms with E-state index in [1.165, 1.54) is 40.7 Å². The predicted molar refractivity (Wildman–Crippen MR) is 110 cm³/mol. The Bertz CT molecular complexity index is 1000. The molecule has 0 radical (unpaired) electrons. The molecule has 2 aromatic carbocycles. The average molecular weight is 433 g/mol. The molecule has 10 heteroatoms. The van der Waals surface area contributed by atoms with E-state index >= 15 is 0 Å². The zero-order valence-corrected chi connectivity index (χ0v) is 17.1. The molecule has 1 aliphatic heterocycles. The van der Waals surface area contributed by atoms with Gasteiger partial charge in [-0.25, -0.2) is 8.42 Å². The maximum atomic E-state index is 12.6. The number of carbonyl (C=O) groups excluding carboxylic acids is 1. The van der Waals surface area contributed by atoms with Gasteiger partial charge >= 0.3 is 0 Å². The van der Waals surface area contributed by atoms with Gasteiger partial charge in [0.25, 0.3) is 11.6 Å². The normalized spacial score (nSPS) is 14.8. The number of nitro groups is 1. The molecule has 1 fully saturated rings. The Kier molecular flexibility index (Phi) is 7.01. The van der Waals surface area contributed by atoms with Crippen molar-refractivity contribution in [3.63, 3.8) is 0 Å². The number of nitro benzene ring substituents is 1. The highest BCUT2D eigenvalue weighted by Gasteiger charge is 2.25. The molecule has 1 N–H and O–H groups in total. The van der Waals surface area contributed by atoms with Gasteiger partial charge in [0.05, 0.1) is 16.4 Å². The monoisotopic (exact) mass is 433 g/mol. The second kappa shape index (κ2) is 9.68. The lowest BCUT2D eigenvalue weighted by Crippen LogP contribution is -2.35. The van der Waals surface area contributed by atoms with Crippen molar-refractivity contribution in [3.8, 4) is 5.75 Å². The van der Waals surface area contributed by atoms with Crippen LogP contribution < -0.4 is 10.1 Å². The van der Waals surface area contributed by atoms with Crippen LogP contribution in [-0.4, -0.2) is 49.8 Å². The molecule has 30 heavy (non-hydrogen) atoms. The van der Waals surface area contributed by atoms with E-state index < -0.39 is 20.9 Å². The number of sulfonamides is 1. The SMILES string of the molecule is O=C(NCCOc1ccc(S(=O)(=O)N2CCCCC2)cc1)c1cccc([N+](=O)[O-])c1. The summed E-state index contributed by atoms with van der Waals surface area (Å²) in [5.74, 6) is 0.0439. The van der Waals surface area contributed by atoms with Gasteiger partial charge < -0.3 is 10.1 Å². The van der Waals surface area contributed by atoms with Crippen molar-refractivity contribution in [2.24, 2.45) is 0 Å². The summed E-state index contributed by atoms with van der Waals surface area (Å²) >= 11 is 0. The molecule has 1 saturated heterocycles. The highest BCUT2D eigenvalue weighted by Crippen LogP contribution is 2.22. The van der Waals surface area contributed by atoms with Gasteiger partial charge in [0.15, 0.2) is 0 Å². The first-order valence-electron chi connectivity index (χ1n) is 9.63. The molecule has 0 unspecified atom stereocenters. The van der Waals surface area contributed by atoms with Crippen LogP contribution >= 0.6 is 0 Å². The molecule has 1 aliphatic rings. The lowest BCUT2D eigenvalue weighted by Gasteiger charge is -2.25. The quantitative estimate of drug-likeness (QED) is 0.388. The summed E-state index contributed by atoms with van der Waals surface area (Å²) in [6.45, 7) is 1.45. The van der Waals surface area contributed by atoms with E-state index in [1.54, 1.807) is 12.1 Å². The summed E-state index contributed by atoms with van der Waals surface area (Å²) in [6, 6.07) is 11.7. The summed E-state index contributed by atoms with van der Waals surface area (Å²) in [6.07, 6.45) is 2.81. The number of ether oxygens (including phenoxy) is 1. The molecule has 0 atom stereocenters. The van der Waals surface area contributed by atoms with E-state index in [2.05, 4.69) is 5.32 Å². The van der Waals surface area contributed by atoms with Crippen LogP contribution in [-0.2, 0) is 10.0 Å². The van der Waals surface area contributed by atoms with Crippen LogP contribution in [0.4, 0.5) is 5.69 Å². The molecule has 0 spiro atoms. The van der Waals surface area contributed by atoms with Gasteiger partial charge in [-0.2, -0.15) is 4.31 Å². The second-order valence-corrected chi connectivity index (χ2v) is 8.79. The first-order chi connectivity index (χ1) is 14.4. The summed E-state index contributed by atoms with van der Waals surface area (Å²) in [5, 5.41) is 13.4. The number of benzene rings is 2. The minimum absolute atomic E-state index is 0.154. The molecule has 0 aliphatic carbocycles. The molecule has 0 saturated carbocycles. The van der Waals surface area contributed by atoms with Gasteiger partial charge in [0.1, 0.15) is 12.4 Å². The largest absolute Gasteiger partial charge is 0.492 e. The molecule has 2 aromatic rings. The molecular weight excluding hydrogens is 410 g/mol. The Labute approximate surface area is 174 Å². The van der Waals surface area contributed by atoms with E-state index in [1.807, 2.05) is 0 Å². The lowest BCUT2D eigenvalue weighted by molar-refractivity contribution is -0.384. The number of piperidine rings is 1. The van der Waals surface area contributed by atoms with Gasteiger partial charge in [-0.3, -0.25) is 14.9 Å². The number of nitrogens with zero attached hydrogens (tertiary/aromatic N) is 2. The topological polar surface area (TPSA) is 119 Å². The Morgan fingerprint density at radius 2 is 1.80 bits per heavy atom. The fraction of sp³-hybridized carbons (Fsp3) is 0.350. The van der Waals surface area contributed by atoms with Crippen molar-refractivity contribution in [2.75, 3.05) is 26.2 Å². The van der Waals surface area contributed by atoms with Gasteiger partial charge in [-0.1, -0.05) is 12.5 Å². The zero-order valence-electron chi connectivity index (χ0n) is 16.3. The Morgan fingerprint density at radius 3 is 2.47 bits per heavy atom. The number of rotatable bonds is 8. The van der Waals surface area contributed by atoms with Gasteiger partial charge in [0.2, 0.25) is 10.0 Å². The summed E-state index contributed by atoms with van der Waals surface area (Å²) in [7, 11) is -3.48. The number of hydrogen-bond donors (Lipinski definition) is 1. The minimum atomic E-state index is -3.48. The van der Waals surface area contributed by atoms with Crippen molar-refractivity contribution < 1.29 is 22.9 Å². The van der Waals surface area contributed by atoms with Crippen molar-refractivity contribution >= 4 is 21.6 Å². The number of carbonyl (C=O) groups is 1. The van der Waals surface area contributed by atoms with Crippen molar-refractivity contribution in [2.45, 2.75) is 24.2 Å². The number of amides is 1. The second-order valence-electron chi connectivity index (χ2n) is 6.85. The van der Waals surface area contributed by atoms with Crippen LogP contribution in [0.2, 0.25) is 0 Å². The molecular formula is C20H23N3O6S. The predicted octanol–water partition coefficient (Wildman–Crippen LogP) is 2.58. The molecule has 0 bridgehead atoms. The Balaban J connectivity index is 1.49. The average Bonchev–Trinajstić information content (AvgIpc) is 2.77. The van der Waals surface area contributed by atoms with E-state index in [-0.39, 0.29) is 29.3 Å². The van der Waals surface area contributed by atoms with Crippen LogP contribution in [0.15, 0.2) is 53.4 Å². The third kappa shape index (κ3) is 5.33. The summed E-state index contributed by atoms with van der Waals surface area (Å²) in [5.41, 5.74) is 0.0370. The van der Waals surface area contributed by atoms with E-state index in [0.29, 0.717) is 18.8 Å². The van der Waals surface area contributed by atoms with Crippen LogP contribution in [0, 0.1) is 10.1 Å². The maximum absolute atomic E-state index is 12.6. The fourth-order valence-electron chi connectivity index (χ4n) is 3.16. The van der Waals surface area contributed by atoms with E-state index in [0.717, 1.165) is 19.3 Å². The van der Waals surface area contributed by atoms with Gasteiger partial charge in [-0.15, -0.1) is 0 Å². The molecule has 0 aromatic heterocycles. The van der Waals surface area contributed by atoms with Crippen LogP contribution in [0.1, 0.15) is 29.6 Å². The first kappa shape index (κ1) is 21.7.